The lowest BCUT2D eigenvalue weighted by molar-refractivity contribution is -0.128. The Balaban J connectivity index is 2.64. The van der Waals surface area contributed by atoms with Gasteiger partial charge in [0.2, 0.25) is 5.91 Å². The monoisotopic (exact) mass is 192 g/mol. The van der Waals surface area contributed by atoms with Gasteiger partial charge in [-0.05, 0) is 11.1 Å². The highest BCUT2D eigenvalue weighted by Crippen LogP contribution is 2.06. The number of benzene rings is 1. The molecule has 1 rings (SSSR count). The maximum atomic E-state index is 11.0. The molecule has 0 bridgehead atoms. The average molecular weight is 192 g/mol. The van der Waals surface area contributed by atoms with Crippen LogP contribution in [0.4, 0.5) is 0 Å². The van der Waals surface area contributed by atoms with Gasteiger partial charge in [0.25, 0.3) is 0 Å². The first-order valence-electron chi connectivity index (χ1n) is 4.63. The van der Waals surface area contributed by atoms with Crippen LogP contribution < -0.4 is 5.73 Å². The van der Waals surface area contributed by atoms with Gasteiger partial charge in [-0.2, -0.15) is 0 Å². The first kappa shape index (κ1) is 10.7. The van der Waals surface area contributed by atoms with Gasteiger partial charge in [0.15, 0.2) is 0 Å². The normalized spacial score (nSPS) is 9.93. The molecule has 1 aromatic rings. The van der Waals surface area contributed by atoms with E-state index >= 15 is 0 Å². The molecule has 0 aliphatic carbocycles. The minimum Gasteiger partial charge on any atom is -0.342 e. The van der Waals surface area contributed by atoms with Crippen molar-refractivity contribution < 1.29 is 4.79 Å². The van der Waals surface area contributed by atoms with Crippen molar-refractivity contribution in [1.29, 1.82) is 0 Å². The third kappa shape index (κ3) is 2.85. The average Bonchev–Trinajstić information content (AvgIpc) is 2.19. The largest absolute Gasteiger partial charge is 0.342 e. The van der Waals surface area contributed by atoms with E-state index in [-0.39, 0.29) is 5.91 Å². The minimum atomic E-state index is 0.0768. The second-order valence-electron chi connectivity index (χ2n) is 3.40. The van der Waals surface area contributed by atoms with Crippen molar-refractivity contribution in [3.63, 3.8) is 0 Å². The Bertz CT molecular complexity index is 306. The smallest absolute Gasteiger partial charge is 0.219 e. The summed E-state index contributed by atoms with van der Waals surface area (Å²) >= 11 is 0. The SMILES string of the molecule is CC(=O)N(C)Cc1ccc(CN)cc1. The zero-order chi connectivity index (χ0) is 10.6. The van der Waals surface area contributed by atoms with Crippen LogP contribution >= 0.6 is 0 Å². The van der Waals surface area contributed by atoms with Crippen LogP contribution in [0, 0.1) is 0 Å². The molecule has 0 radical (unpaired) electrons. The molecule has 0 heterocycles. The summed E-state index contributed by atoms with van der Waals surface area (Å²) in [5, 5.41) is 0. The van der Waals surface area contributed by atoms with E-state index in [1.54, 1.807) is 18.9 Å². The van der Waals surface area contributed by atoms with Crippen molar-refractivity contribution in [1.82, 2.24) is 4.90 Å². The third-order valence-electron chi connectivity index (χ3n) is 2.22. The molecule has 0 saturated carbocycles. The summed E-state index contributed by atoms with van der Waals surface area (Å²) in [4.78, 5) is 12.7. The molecule has 2 N–H and O–H groups in total. The van der Waals surface area contributed by atoms with E-state index in [1.165, 1.54) is 0 Å². The van der Waals surface area contributed by atoms with Gasteiger partial charge >= 0.3 is 0 Å². The number of carbonyl (C=O) groups excluding carboxylic acids is 1. The van der Waals surface area contributed by atoms with E-state index in [4.69, 9.17) is 5.73 Å². The van der Waals surface area contributed by atoms with E-state index in [0.717, 1.165) is 11.1 Å². The van der Waals surface area contributed by atoms with Crippen LogP contribution in [0.3, 0.4) is 0 Å². The first-order chi connectivity index (χ1) is 6.63. The zero-order valence-corrected chi connectivity index (χ0v) is 8.66. The lowest BCUT2D eigenvalue weighted by Crippen LogP contribution is -2.22. The van der Waals surface area contributed by atoms with E-state index in [2.05, 4.69) is 0 Å². The van der Waals surface area contributed by atoms with Crippen molar-refractivity contribution in [3.05, 3.63) is 35.4 Å². The van der Waals surface area contributed by atoms with Crippen LogP contribution in [0.25, 0.3) is 0 Å². The van der Waals surface area contributed by atoms with Gasteiger partial charge in [0.1, 0.15) is 0 Å². The topological polar surface area (TPSA) is 46.3 Å². The van der Waals surface area contributed by atoms with Crippen molar-refractivity contribution in [2.24, 2.45) is 5.73 Å². The van der Waals surface area contributed by atoms with Crippen LogP contribution in [0.1, 0.15) is 18.1 Å². The highest BCUT2D eigenvalue weighted by molar-refractivity contribution is 5.72. The predicted octanol–water partition coefficient (Wildman–Crippen LogP) is 1.12. The Kier molecular flexibility index (Phi) is 3.65. The molecule has 1 aromatic carbocycles. The van der Waals surface area contributed by atoms with Crippen molar-refractivity contribution >= 4 is 5.91 Å². The Morgan fingerprint density at radius 3 is 2.21 bits per heavy atom. The van der Waals surface area contributed by atoms with Gasteiger partial charge in [-0.3, -0.25) is 4.79 Å². The Hall–Kier alpha value is -1.35. The van der Waals surface area contributed by atoms with Crippen LogP contribution in [0.2, 0.25) is 0 Å². The van der Waals surface area contributed by atoms with Gasteiger partial charge in [-0.15, -0.1) is 0 Å². The fourth-order valence-electron chi connectivity index (χ4n) is 1.17. The van der Waals surface area contributed by atoms with Crippen molar-refractivity contribution in [3.8, 4) is 0 Å². The summed E-state index contributed by atoms with van der Waals surface area (Å²) in [5.41, 5.74) is 7.72. The van der Waals surface area contributed by atoms with Crippen LogP contribution in [-0.4, -0.2) is 17.9 Å². The third-order valence-corrected chi connectivity index (χ3v) is 2.22. The van der Waals surface area contributed by atoms with E-state index in [0.29, 0.717) is 13.1 Å². The highest BCUT2D eigenvalue weighted by atomic mass is 16.2. The number of nitrogens with zero attached hydrogens (tertiary/aromatic N) is 1. The summed E-state index contributed by atoms with van der Waals surface area (Å²) in [7, 11) is 1.79. The lowest BCUT2D eigenvalue weighted by Gasteiger charge is -2.14. The summed E-state index contributed by atoms with van der Waals surface area (Å²) in [6.45, 7) is 2.78. The first-order valence-corrected chi connectivity index (χ1v) is 4.63. The summed E-state index contributed by atoms with van der Waals surface area (Å²) < 4.78 is 0. The fraction of sp³-hybridized carbons (Fsp3) is 0.364. The van der Waals surface area contributed by atoms with Gasteiger partial charge in [-0.1, -0.05) is 24.3 Å². The second kappa shape index (κ2) is 4.77. The molecule has 0 unspecified atom stereocenters. The lowest BCUT2D eigenvalue weighted by atomic mass is 10.1. The van der Waals surface area contributed by atoms with Gasteiger partial charge in [0, 0.05) is 27.1 Å². The Morgan fingerprint density at radius 1 is 1.29 bits per heavy atom. The Morgan fingerprint density at radius 2 is 1.79 bits per heavy atom. The van der Waals surface area contributed by atoms with E-state index in [1.807, 2.05) is 24.3 Å². The van der Waals surface area contributed by atoms with Gasteiger partial charge in [-0.25, -0.2) is 0 Å². The quantitative estimate of drug-likeness (QED) is 0.780. The van der Waals surface area contributed by atoms with Crippen LogP contribution in [0.5, 0.6) is 0 Å². The molecule has 0 atom stereocenters. The molecule has 76 valence electrons. The molecule has 0 aliphatic rings. The zero-order valence-electron chi connectivity index (χ0n) is 8.66. The number of amides is 1. The second-order valence-corrected chi connectivity index (χ2v) is 3.40. The Labute approximate surface area is 84.5 Å². The molecular weight excluding hydrogens is 176 g/mol. The highest BCUT2D eigenvalue weighted by Gasteiger charge is 2.02. The summed E-state index contributed by atoms with van der Waals surface area (Å²) in [6.07, 6.45) is 0. The molecule has 1 amide bonds. The maximum Gasteiger partial charge on any atom is 0.219 e. The molecule has 0 fully saturated rings. The number of hydrogen-bond donors (Lipinski definition) is 1. The van der Waals surface area contributed by atoms with Crippen molar-refractivity contribution in [2.45, 2.75) is 20.0 Å². The molecular formula is C11H16N2O. The number of nitrogens with two attached hydrogens (primary N) is 1. The van der Waals surface area contributed by atoms with E-state index in [9.17, 15) is 4.79 Å². The summed E-state index contributed by atoms with van der Waals surface area (Å²) in [6, 6.07) is 7.98. The van der Waals surface area contributed by atoms with Crippen molar-refractivity contribution in [2.75, 3.05) is 7.05 Å². The maximum absolute atomic E-state index is 11.0. The number of carbonyl (C=O) groups is 1. The van der Waals surface area contributed by atoms with Crippen LogP contribution in [-0.2, 0) is 17.9 Å². The molecule has 0 saturated heterocycles. The molecule has 3 heteroatoms. The molecule has 0 aromatic heterocycles. The molecule has 3 nitrogen and oxygen atoms in total. The summed E-state index contributed by atoms with van der Waals surface area (Å²) in [5.74, 6) is 0.0768. The number of hydrogen-bond acceptors (Lipinski definition) is 2. The minimum absolute atomic E-state index is 0.0768. The van der Waals surface area contributed by atoms with Gasteiger partial charge < -0.3 is 10.6 Å². The van der Waals surface area contributed by atoms with Crippen LogP contribution in [0.15, 0.2) is 24.3 Å². The number of rotatable bonds is 3. The molecule has 0 spiro atoms. The molecule has 14 heavy (non-hydrogen) atoms. The van der Waals surface area contributed by atoms with Gasteiger partial charge in [0.05, 0.1) is 0 Å². The fourth-order valence-corrected chi connectivity index (χ4v) is 1.17. The molecule has 0 aliphatic heterocycles. The standard InChI is InChI=1S/C11H16N2O/c1-9(14)13(2)8-11-5-3-10(7-12)4-6-11/h3-6H,7-8,12H2,1-2H3. The van der Waals surface area contributed by atoms with E-state index < -0.39 is 0 Å². The predicted molar refractivity (Wildman–Crippen MR) is 56.5 cm³/mol.